The van der Waals surface area contributed by atoms with Gasteiger partial charge >= 0.3 is 6.03 Å². The van der Waals surface area contributed by atoms with Crippen molar-refractivity contribution in [2.75, 3.05) is 5.32 Å². The lowest BCUT2D eigenvalue weighted by Crippen LogP contribution is -2.31. The zero-order valence-corrected chi connectivity index (χ0v) is 13.1. The zero-order chi connectivity index (χ0) is 14.7. The lowest BCUT2D eigenvalue weighted by atomic mass is 10.1. The van der Waals surface area contributed by atoms with E-state index in [1.807, 2.05) is 38.1 Å². The predicted octanol–water partition coefficient (Wildman–Crippen LogP) is 4.56. The number of carbonyl (C=O) groups is 1. The van der Waals surface area contributed by atoms with Crippen LogP contribution in [-0.4, -0.2) is 6.03 Å². The van der Waals surface area contributed by atoms with Crippen molar-refractivity contribution < 1.29 is 4.79 Å². The number of carbonyl (C=O) groups excluding carboxylic acids is 1. The first-order chi connectivity index (χ1) is 9.45. The van der Waals surface area contributed by atoms with Crippen molar-refractivity contribution in [3.05, 3.63) is 51.2 Å². The smallest absolute Gasteiger partial charge is 0.319 e. The number of nitrogens with one attached hydrogen (secondary N) is 2. The van der Waals surface area contributed by atoms with Gasteiger partial charge in [0.2, 0.25) is 0 Å². The van der Waals surface area contributed by atoms with Gasteiger partial charge in [0.1, 0.15) is 0 Å². The molecule has 106 valence electrons. The molecule has 0 saturated carbocycles. The van der Waals surface area contributed by atoms with Crippen molar-refractivity contribution in [3.8, 4) is 0 Å². The molecule has 0 aliphatic rings. The van der Waals surface area contributed by atoms with Gasteiger partial charge in [-0.25, -0.2) is 4.79 Å². The Morgan fingerprint density at radius 3 is 2.35 bits per heavy atom. The van der Waals surface area contributed by atoms with E-state index in [9.17, 15) is 4.79 Å². The van der Waals surface area contributed by atoms with Crippen molar-refractivity contribution >= 4 is 23.1 Å². The van der Waals surface area contributed by atoms with Gasteiger partial charge in [-0.05, 0) is 51.5 Å². The highest BCUT2D eigenvalue weighted by Gasteiger charge is 2.13. The van der Waals surface area contributed by atoms with E-state index in [1.165, 1.54) is 20.9 Å². The Morgan fingerprint density at radius 1 is 1.15 bits per heavy atom. The minimum absolute atomic E-state index is 0.00500. The molecule has 0 fully saturated rings. The van der Waals surface area contributed by atoms with E-state index >= 15 is 0 Å². The third kappa shape index (κ3) is 3.61. The summed E-state index contributed by atoms with van der Waals surface area (Å²) in [6.07, 6.45) is 0. The summed E-state index contributed by atoms with van der Waals surface area (Å²) in [4.78, 5) is 14.5. The van der Waals surface area contributed by atoms with Crippen molar-refractivity contribution in [3.63, 3.8) is 0 Å². The molecule has 0 spiro atoms. The van der Waals surface area contributed by atoms with Crippen LogP contribution in [0.3, 0.4) is 0 Å². The Hall–Kier alpha value is -1.81. The van der Waals surface area contributed by atoms with Gasteiger partial charge in [-0.3, -0.25) is 0 Å². The van der Waals surface area contributed by atoms with Gasteiger partial charge in [-0.2, -0.15) is 0 Å². The second-order valence-electron chi connectivity index (χ2n) is 5.05. The van der Waals surface area contributed by atoms with Crippen LogP contribution >= 0.6 is 11.3 Å². The molecule has 1 atom stereocenters. The fourth-order valence-electron chi connectivity index (χ4n) is 2.16. The zero-order valence-electron chi connectivity index (χ0n) is 12.3. The average Bonchev–Trinajstić information content (AvgIpc) is 2.71. The second-order valence-corrected chi connectivity index (χ2v) is 6.52. The maximum atomic E-state index is 12.0. The summed E-state index contributed by atoms with van der Waals surface area (Å²) < 4.78 is 0. The van der Waals surface area contributed by atoms with Crippen LogP contribution in [0.1, 0.15) is 33.8 Å². The van der Waals surface area contributed by atoms with E-state index in [0.29, 0.717) is 0 Å². The quantitative estimate of drug-likeness (QED) is 0.854. The van der Waals surface area contributed by atoms with Gasteiger partial charge in [0.15, 0.2) is 0 Å². The van der Waals surface area contributed by atoms with Crippen LogP contribution in [0, 0.1) is 20.8 Å². The molecular formula is C16H20N2OS. The molecule has 1 aromatic heterocycles. The fraction of sp³-hybridized carbons (Fsp3) is 0.312. The Bertz CT molecular complexity index is 601. The van der Waals surface area contributed by atoms with Crippen molar-refractivity contribution in [2.45, 2.75) is 33.7 Å². The molecule has 0 aliphatic heterocycles. The first-order valence-corrected chi connectivity index (χ1v) is 7.48. The third-order valence-corrected chi connectivity index (χ3v) is 4.18. The topological polar surface area (TPSA) is 41.1 Å². The highest BCUT2D eigenvalue weighted by Crippen LogP contribution is 2.26. The summed E-state index contributed by atoms with van der Waals surface area (Å²) in [5.74, 6) is 0. The average molecular weight is 288 g/mol. The molecule has 1 heterocycles. The summed E-state index contributed by atoms with van der Waals surface area (Å²) in [5.41, 5.74) is 3.17. The van der Waals surface area contributed by atoms with E-state index in [0.717, 1.165) is 5.69 Å². The SMILES string of the molecule is Cc1ccc(NC(=O)N[C@H](C)c2cc(C)sc2C)cc1. The molecule has 3 nitrogen and oxygen atoms in total. The molecule has 0 unspecified atom stereocenters. The largest absolute Gasteiger partial charge is 0.331 e. The van der Waals surface area contributed by atoms with Crippen LogP contribution in [0.25, 0.3) is 0 Å². The molecule has 1 aromatic carbocycles. The number of amides is 2. The predicted molar refractivity (Wildman–Crippen MR) is 85.5 cm³/mol. The summed E-state index contributed by atoms with van der Waals surface area (Å²) in [5, 5.41) is 5.82. The molecule has 4 heteroatoms. The molecular weight excluding hydrogens is 268 g/mol. The lowest BCUT2D eigenvalue weighted by Gasteiger charge is -2.15. The summed E-state index contributed by atoms with van der Waals surface area (Å²) in [6, 6.07) is 9.72. The molecule has 0 saturated heterocycles. The normalized spacial score (nSPS) is 12.0. The minimum Gasteiger partial charge on any atom is -0.331 e. The molecule has 0 aliphatic carbocycles. The first kappa shape index (κ1) is 14.6. The van der Waals surface area contributed by atoms with Crippen molar-refractivity contribution in [1.82, 2.24) is 5.32 Å². The van der Waals surface area contributed by atoms with Crippen molar-refractivity contribution in [2.24, 2.45) is 0 Å². The fourth-order valence-corrected chi connectivity index (χ4v) is 3.18. The monoisotopic (exact) mass is 288 g/mol. The van der Waals surface area contributed by atoms with Gasteiger partial charge in [-0.1, -0.05) is 17.7 Å². The molecule has 2 aromatic rings. The Morgan fingerprint density at radius 2 is 1.80 bits per heavy atom. The van der Waals surface area contributed by atoms with Gasteiger partial charge in [0.05, 0.1) is 6.04 Å². The molecule has 0 bridgehead atoms. The van der Waals surface area contributed by atoms with Crippen LogP contribution in [0.15, 0.2) is 30.3 Å². The number of thiophene rings is 1. The van der Waals surface area contributed by atoms with Crippen molar-refractivity contribution in [1.29, 1.82) is 0 Å². The molecule has 20 heavy (non-hydrogen) atoms. The Labute approximate surface area is 124 Å². The number of hydrogen-bond acceptors (Lipinski definition) is 2. The molecule has 2 amide bonds. The van der Waals surface area contributed by atoms with Crippen LogP contribution in [0.4, 0.5) is 10.5 Å². The summed E-state index contributed by atoms with van der Waals surface area (Å²) in [6.45, 7) is 8.19. The lowest BCUT2D eigenvalue weighted by molar-refractivity contribution is 0.249. The summed E-state index contributed by atoms with van der Waals surface area (Å²) >= 11 is 1.76. The standard InChI is InChI=1S/C16H20N2OS/c1-10-5-7-14(8-6-10)18-16(19)17-12(3)15-9-11(2)20-13(15)4/h5-9,12H,1-4H3,(H2,17,18,19)/t12-/m1/s1. The molecule has 2 N–H and O–H groups in total. The minimum atomic E-state index is -0.176. The van der Waals surface area contributed by atoms with E-state index in [2.05, 4.69) is 30.5 Å². The maximum absolute atomic E-state index is 12.0. The number of rotatable bonds is 3. The van der Waals surface area contributed by atoms with Gasteiger partial charge in [-0.15, -0.1) is 11.3 Å². The van der Waals surface area contributed by atoms with E-state index < -0.39 is 0 Å². The van der Waals surface area contributed by atoms with Gasteiger partial charge in [0.25, 0.3) is 0 Å². The van der Waals surface area contributed by atoms with Crippen LogP contribution in [0.5, 0.6) is 0 Å². The number of hydrogen-bond donors (Lipinski definition) is 2. The van der Waals surface area contributed by atoms with E-state index in [4.69, 9.17) is 0 Å². The van der Waals surface area contributed by atoms with Crippen LogP contribution in [0.2, 0.25) is 0 Å². The highest BCUT2D eigenvalue weighted by atomic mass is 32.1. The number of urea groups is 1. The molecule has 0 radical (unpaired) electrons. The van der Waals surface area contributed by atoms with E-state index in [1.54, 1.807) is 11.3 Å². The van der Waals surface area contributed by atoms with Gasteiger partial charge < -0.3 is 10.6 Å². The first-order valence-electron chi connectivity index (χ1n) is 6.67. The van der Waals surface area contributed by atoms with E-state index in [-0.39, 0.29) is 12.1 Å². The maximum Gasteiger partial charge on any atom is 0.319 e. The number of benzene rings is 1. The number of anilines is 1. The number of aryl methyl sites for hydroxylation is 3. The Kier molecular flexibility index (Phi) is 4.45. The van der Waals surface area contributed by atoms with Gasteiger partial charge in [0, 0.05) is 15.4 Å². The Balaban J connectivity index is 1.97. The van der Waals surface area contributed by atoms with Crippen LogP contribution < -0.4 is 10.6 Å². The third-order valence-electron chi connectivity index (χ3n) is 3.20. The summed E-state index contributed by atoms with van der Waals surface area (Å²) in [7, 11) is 0. The molecule has 2 rings (SSSR count). The highest BCUT2D eigenvalue weighted by molar-refractivity contribution is 7.12. The van der Waals surface area contributed by atoms with Crippen LogP contribution in [-0.2, 0) is 0 Å². The second kappa shape index (κ2) is 6.09.